The van der Waals surface area contributed by atoms with Gasteiger partial charge in [-0.1, -0.05) is 41.4 Å². The number of rotatable bonds is 9. The van der Waals surface area contributed by atoms with E-state index >= 15 is 0 Å². The normalized spacial score (nSPS) is 11.0. The molecule has 0 atom stereocenters. The predicted octanol–water partition coefficient (Wildman–Crippen LogP) is 3.16. The van der Waals surface area contributed by atoms with Gasteiger partial charge in [0.15, 0.2) is 9.84 Å². The molecular weight excluding hydrogens is 439 g/mol. The van der Waals surface area contributed by atoms with Crippen LogP contribution in [0.5, 0.6) is 5.75 Å². The van der Waals surface area contributed by atoms with Gasteiger partial charge in [0.25, 0.3) is 0 Å². The second-order valence-electron chi connectivity index (χ2n) is 6.01. The zero-order valence-electron chi connectivity index (χ0n) is 15.4. The van der Waals surface area contributed by atoms with Crippen LogP contribution in [0.15, 0.2) is 53.4 Å². The summed E-state index contributed by atoms with van der Waals surface area (Å²) in [4.78, 5) is 23.7. The molecular formula is C19H20Cl2N2O5S. The summed E-state index contributed by atoms with van der Waals surface area (Å²) >= 11 is 11.8. The molecule has 0 fully saturated rings. The number of nitrogens with one attached hydrogen (secondary N) is 2. The first-order valence-electron chi connectivity index (χ1n) is 8.71. The Morgan fingerprint density at radius 3 is 2.24 bits per heavy atom. The first kappa shape index (κ1) is 23.0. The highest BCUT2D eigenvalue weighted by Gasteiger charge is 2.16. The van der Waals surface area contributed by atoms with Crippen molar-refractivity contribution >= 4 is 44.9 Å². The monoisotopic (exact) mass is 458 g/mol. The van der Waals surface area contributed by atoms with Crippen molar-refractivity contribution in [3.63, 3.8) is 0 Å². The Morgan fingerprint density at radius 1 is 0.931 bits per heavy atom. The van der Waals surface area contributed by atoms with Crippen LogP contribution in [0, 0.1) is 0 Å². The molecule has 0 bridgehead atoms. The third kappa shape index (κ3) is 7.92. The fourth-order valence-corrected chi connectivity index (χ4v) is 3.97. The Balaban J connectivity index is 1.64. The minimum Gasteiger partial charge on any atom is -0.492 e. The van der Waals surface area contributed by atoms with E-state index < -0.39 is 21.7 Å². The molecule has 0 aliphatic rings. The third-order valence-electron chi connectivity index (χ3n) is 3.74. The van der Waals surface area contributed by atoms with Crippen LogP contribution in [-0.2, 0) is 19.4 Å². The van der Waals surface area contributed by atoms with Gasteiger partial charge >= 0.3 is 0 Å². The Hall–Kier alpha value is -2.29. The lowest BCUT2D eigenvalue weighted by molar-refractivity contribution is -0.128. The molecule has 2 aromatic carbocycles. The third-order valence-corrected chi connectivity index (χ3v) is 6.00. The summed E-state index contributed by atoms with van der Waals surface area (Å²) in [5, 5.41) is 0.869. The van der Waals surface area contributed by atoms with Gasteiger partial charge in [-0.3, -0.25) is 20.4 Å². The lowest BCUT2D eigenvalue weighted by Gasteiger charge is -2.09. The second-order valence-corrected chi connectivity index (χ2v) is 8.96. The molecule has 0 aliphatic heterocycles. The van der Waals surface area contributed by atoms with Gasteiger partial charge in [0, 0.05) is 17.9 Å². The minimum absolute atomic E-state index is 0.105. The zero-order chi connectivity index (χ0) is 21.3. The van der Waals surface area contributed by atoms with Crippen LogP contribution in [0.1, 0.15) is 19.3 Å². The molecule has 0 aromatic heterocycles. The zero-order valence-corrected chi connectivity index (χ0v) is 17.7. The summed E-state index contributed by atoms with van der Waals surface area (Å²) < 4.78 is 29.7. The van der Waals surface area contributed by atoms with Gasteiger partial charge in [0.2, 0.25) is 11.8 Å². The van der Waals surface area contributed by atoms with E-state index in [4.69, 9.17) is 27.9 Å². The van der Waals surface area contributed by atoms with Crippen molar-refractivity contribution in [2.45, 2.75) is 24.2 Å². The largest absolute Gasteiger partial charge is 0.492 e. The molecule has 2 N–H and O–H groups in total. The number of amides is 2. The van der Waals surface area contributed by atoms with Gasteiger partial charge in [-0.25, -0.2) is 8.42 Å². The van der Waals surface area contributed by atoms with Crippen LogP contribution < -0.4 is 15.6 Å². The Morgan fingerprint density at radius 2 is 1.59 bits per heavy atom. The maximum atomic E-state index is 12.1. The quantitative estimate of drug-likeness (QED) is 0.443. The molecule has 156 valence electrons. The van der Waals surface area contributed by atoms with Gasteiger partial charge in [0.05, 0.1) is 22.3 Å². The molecule has 0 saturated carbocycles. The standard InChI is InChI=1S/C19H20Cl2N2O5S/c20-14-8-9-17(16(21)13-14)28-11-4-7-18(24)22-23-19(25)10-12-29(26,27)15-5-2-1-3-6-15/h1-3,5-6,8-9,13H,4,7,10-12H2,(H,22,24)(H,23,25). The number of hydrogen-bond acceptors (Lipinski definition) is 5. The van der Waals surface area contributed by atoms with E-state index in [1.807, 2.05) is 0 Å². The molecule has 0 unspecified atom stereocenters. The molecule has 2 aromatic rings. The fourth-order valence-electron chi connectivity index (χ4n) is 2.24. The number of halogens is 2. The number of sulfone groups is 1. The van der Waals surface area contributed by atoms with Crippen LogP contribution in [0.2, 0.25) is 10.0 Å². The van der Waals surface area contributed by atoms with E-state index in [0.717, 1.165) is 0 Å². The van der Waals surface area contributed by atoms with Crippen molar-refractivity contribution in [1.82, 2.24) is 10.9 Å². The first-order valence-corrected chi connectivity index (χ1v) is 11.1. The molecule has 0 radical (unpaired) electrons. The van der Waals surface area contributed by atoms with Crippen molar-refractivity contribution in [1.29, 1.82) is 0 Å². The number of ether oxygens (including phenoxy) is 1. The number of benzene rings is 2. The highest BCUT2D eigenvalue weighted by molar-refractivity contribution is 7.91. The number of carbonyl (C=O) groups excluding carboxylic acids is 2. The maximum absolute atomic E-state index is 12.1. The van der Waals surface area contributed by atoms with Crippen LogP contribution in [-0.4, -0.2) is 32.6 Å². The molecule has 0 saturated heterocycles. The highest BCUT2D eigenvalue weighted by atomic mass is 35.5. The molecule has 2 rings (SSSR count). The summed E-state index contributed by atoms with van der Waals surface area (Å²) in [7, 11) is -3.55. The van der Waals surface area contributed by atoms with Gasteiger partial charge < -0.3 is 4.74 Å². The number of hydrogen-bond donors (Lipinski definition) is 2. The second kappa shape index (κ2) is 11.0. The van der Waals surface area contributed by atoms with Crippen molar-refractivity contribution in [2.24, 2.45) is 0 Å². The molecule has 2 amide bonds. The average Bonchev–Trinajstić information content (AvgIpc) is 2.70. The van der Waals surface area contributed by atoms with Crippen molar-refractivity contribution < 1.29 is 22.7 Å². The summed E-state index contributed by atoms with van der Waals surface area (Å²) in [6.07, 6.45) is 0.229. The van der Waals surface area contributed by atoms with Gasteiger partial charge in [-0.05, 0) is 36.8 Å². The minimum atomic E-state index is -3.55. The molecule has 29 heavy (non-hydrogen) atoms. The van der Waals surface area contributed by atoms with Crippen molar-refractivity contribution in [3.8, 4) is 5.75 Å². The van der Waals surface area contributed by atoms with Crippen LogP contribution >= 0.6 is 23.2 Å². The van der Waals surface area contributed by atoms with Gasteiger partial charge in [0.1, 0.15) is 5.75 Å². The average molecular weight is 459 g/mol. The maximum Gasteiger partial charge on any atom is 0.239 e. The number of carbonyl (C=O) groups is 2. The molecule has 7 nitrogen and oxygen atoms in total. The van der Waals surface area contributed by atoms with E-state index in [1.54, 1.807) is 36.4 Å². The van der Waals surface area contributed by atoms with E-state index in [1.165, 1.54) is 12.1 Å². The summed E-state index contributed by atoms with van der Waals surface area (Å²) in [6.45, 7) is 0.248. The van der Waals surface area contributed by atoms with Crippen LogP contribution in [0.3, 0.4) is 0 Å². The molecule has 0 aliphatic carbocycles. The van der Waals surface area contributed by atoms with E-state index in [2.05, 4.69) is 10.9 Å². The summed E-state index contributed by atoms with van der Waals surface area (Å²) in [5.41, 5.74) is 4.44. The van der Waals surface area contributed by atoms with Crippen molar-refractivity contribution in [2.75, 3.05) is 12.4 Å². The van der Waals surface area contributed by atoms with Crippen molar-refractivity contribution in [3.05, 3.63) is 58.6 Å². The van der Waals surface area contributed by atoms with Crippen LogP contribution in [0.4, 0.5) is 0 Å². The first-order chi connectivity index (χ1) is 13.8. The Kier molecular flexibility index (Phi) is 8.75. The Bertz CT molecular complexity index is 952. The van der Waals surface area contributed by atoms with E-state index in [-0.39, 0.29) is 30.1 Å². The van der Waals surface area contributed by atoms with E-state index in [0.29, 0.717) is 22.2 Å². The topological polar surface area (TPSA) is 102 Å². The molecule has 10 heteroatoms. The lowest BCUT2D eigenvalue weighted by atomic mass is 10.3. The van der Waals surface area contributed by atoms with Gasteiger partial charge in [-0.2, -0.15) is 0 Å². The highest BCUT2D eigenvalue weighted by Crippen LogP contribution is 2.27. The van der Waals surface area contributed by atoms with Crippen LogP contribution in [0.25, 0.3) is 0 Å². The Labute approximate surface area is 179 Å². The lowest BCUT2D eigenvalue weighted by Crippen LogP contribution is -2.42. The van der Waals surface area contributed by atoms with E-state index in [9.17, 15) is 18.0 Å². The molecule has 0 spiro atoms. The SMILES string of the molecule is O=C(CCCOc1ccc(Cl)cc1Cl)NNC(=O)CCS(=O)(=O)c1ccccc1. The van der Waals surface area contributed by atoms with Gasteiger partial charge in [-0.15, -0.1) is 0 Å². The smallest absolute Gasteiger partial charge is 0.239 e. The predicted molar refractivity (Wildman–Crippen MR) is 111 cm³/mol. The number of hydrazine groups is 1. The fraction of sp³-hybridized carbons (Fsp3) is 0.263. The summed E-state index contributed by atoms with van der Waals surface area (Å²) in [6, 6.07) is 12.7. The molecule has 0 heterocycles. The summed E-state index contributed by atoms with van der Waals surface area (Å²) in [5.74, 6) is -0.907.